The van der Waals surface area contributed by atoms with Crippen LogP contribution in [-0.4, -0.2) is 39.3 Å². The first-order valence-electron chi connectivity index (χ1n) is 11.4. The number of halogens is 1. The van der Waals surface area contributed by atoms with Crippen LogP contribution in [0.25, 0.3) is 16.8 Å². The monoisotopic (exact) mass is 500 g/mol. The van der Waals surface area contributed by atoms with Crippen LogP contribution in [0.1, 0.15) is 63.1 Å². The zero-order valence-electron chi connectivity index (χ0n) is 19.3. The second-order valence-electron chi connectivity index (χ2n) is 9.00. The first-order valence-corrected chi connectivity index (χ1v) is 12.9. The average molecular weight is 501 g/mol. The standard InChI is InChI=1S/C23H25FN6O4S/c1-13(2)21-28-23(34-29-21)14-3-5-15(6-4-14)33-20-9-10-26-22-18(12-27-30(20)22)17-8-7-16(11-19(17)24)35(25,31)32/h7-15H,3-6H2,1-2H3,(H2,25,31,32). The van der Waals surface area contributed by atoms with E-state index in [9.17, 15) is 12.8 Å². The average Bonchev–Trinajstić information content (AvgIpc) is 3.47. The molecule has 3 heterocycles. The third-order valence-electron chi connectivity index (χ3n) is 6.21. The lowest BCUT2D eigenvalue weighted by atomic mass is 9.87. The molecule has 3 aromatic heterocycles. The van der Waals surface area contributed by atoms with E-state index in [1.165, 1.54) is 22.8 Å². The molecule has 0 unspecified atom stereocenters. The minimum absolute atomic E-state index is 0.0252. The summed E-state index contributed by atoms with van der Waals surface area (Å²) in [5, 5.41) is 13.5. The molecule has 0 amide bonds. The van der Waals surface area contributed by atoms with Gasteiger partial charge in [-0.2, -0.15) is 14.6 Å². The molecular formula is C23H25FN6O4S. The normalized spacial score (nSPS) is 18.9. The van der Waals surface area contributed by atoms with Gasteiger partial charge in [-0.25, -0.2) is 22.9 Å². The molecule has 5 rings (SSSR count). The van der Waals surface area contributed by atoms with Gasteiger partial charge >= 0.3 is 0 Å². The summed E-state index contributed by atoms with van der Waals surface area (Å²) in [6.07, 6.45) is 6.38. The van der Waals surface area contributed by atoms with Gasteiger partial charge in [0.1, 0.15) is 11.9 Å². The highest BCUT2D eigenvalue weighted by Gasteiger charge is 2.28. The molecule has 35 heavy (non-hydrogen) atoms. The fourth-order valence-corrected chi connectivity index (χ4v) is 4.81. The largest absolute Gasteiger partial charge is 0.474 e. The highest BCUT2D eigenvalue weighted by atomic mass is 32.2. The maximum Gasteiger partial charge on any atom is 0.238 e. The van der Waals surface area contributed by atoms with Crippen molar-refractivity contribution in [1.82, 2.24) is 24.7 Å². The Morgan fingerprint density at radius 1 is 1.17 bits per heavy atom. The van der Waals surface area contributed by atoms with Gasteiger partial charge in [-0.3, -0.25) is 0 Å². The minimum Gasteiger partial charge on any atom is -0.474 e. The zero-order chi connectivity index (χ0) is 24.7. The van der Waals surface area contributed by atoms with Crippen LogP contribution in [0.5, 0.6) is 5.88 Å². The summed E-state index contributed by atoms with van der Waals surface area (Å²) in [4.78, 5) is 8.56. The second kappa shape index (κ2) is 9.00. The number of primary sulfonamides is 1. The summed E-state index contributed by atoms with van der Waals surface area (Å²) in [6.45, 7) is 4.06. The molecule has 184 valence electrons. The Morgan fingerprint density at radius 3 is 2.60 bits per heavy atom. The van der Waals surface area contributed by atoms with Gasteiger partial charge in [0.05, 0.1) is 11.1 Å². The predicted octanol–water partition coefficient (Wildman–Crippen LogP) is 3.79. The Balaban J connectivity index is 1.33. The van der Waals surface area contributed by atoms with E-state index in [0.717, 1.165) is 37.6 Å². The van der Waals surface area contributed by atoms with E-state index in [0.29, 0.717) is 23.0 Å². The molecule has 0 bridgehead atoms. The smallest absolute Gasteiger partial charge is 0.238 e. The summed E-state index contributed by atoms with van der Waals surface area (Å²) in [6, 6.07) is 5.21. The molecule has 0 atom stereocenters. The molecule has 1 aliphatic rings. The van der Waals surface area contributed by atoms with Crippen molar-refractivity contribution in [3.8, 4) is 17.0 Å². The Morgan fingerprint density at radius 2 is 1.94 bits per heavy atom. The Bertz CT molecular complexity index is 1470. The van der Waals surface area contributed by atoms with Gasteiger partial charge in [0.15, 0.2) is 11.5 Å². The van der Waals surface area contributed by atoms with Crippen molar-refractivity contribution in [2.24, 2.45) is 5.14 Å². The van der Waals surface area contributed by atoms with Crippen LogP contribution in [-0.2, 0) is 10.0 Å². The first kappa shape index (κ1) is 23.4. The van der Waals surface area contributed by atoms with Crippen molar-refractivity contribution >= 4 is 15.7 Å². The minimum atomic E-state index is -4.01. The van der Waals surface area contributed by atoms with Gasteiger partial charge < -0.3 is 9.26 Å². The van der Waals surface area contributed by atoms with Crippen LogP contribution in [0.4, 0.5) is 4.39 Å². The topological polar surface area (TPSA) is 138 Å². The summed E-state index contributed by atoms with van der Waals surface area (Å²) in [7, 11) is -4.01. The number of fused-ring (bicyclic) bond motifs is 1. The maximum absolute atomic E-state index is 14.7. The van der Waals surface area contributed by atoms with Gasteiger partial charge in [0, 0.05) is 35.2 Å². The highest BCUT2D eigenvalue weighted by molar-refractivity contribution is 7.89. The van der Waals surface area contributed by atoms with Crippen molar-refractivity contribution in [3.05, 3.63) is 54.2 Å². The number of sulfonamides is 1. The van der Waals surface area contributed by atoms with E-state index < -0.39 is 15.8 Å². The van der Waals surface area contributed by atoms with Gasteiger partial charge in [-0.1, -0.05) is 19.0 Å². The molecule has 2 N–H and O–H groups in total. The van der Waals surface area contributed by atoms with E-state index >= 15 is 0 Å². The number of hydrogen-bond donors (Lipinski definition) is 1. The quantitative estimate of drug-likeness (QED) is 0.422. The van der Waals surface area contributed by atoms with Crippen LogP contribution in [0.15, 0.2) is 46.1 Å². The Kier molecular flexibility index (Phi) is 6.01. The van der Waals surface area contributed by atoms with Gasteiger partial charge in [-0.15, -0.1) is 0 Å². The van der Waals surface area contributed by atoms with Crippen LogP contribution in [0, 0.1) is 5.82 Å². The third-order valence-corrected chi connectivity index (χ3v) is 7.12. The molecule has 1 saturated carbocycles. The van der Waals surface area contributed by atoms with Crippen molar-refractivity contribution in [2.45, 2.75) is 62.4 Å². The number of nitrogens with zero attached hydrogens (tertiary/aromatic N) is 5. The van der Waals surface area contributed by atoms with E-state index in [2.05, 4.69) is 20.2 Å². The highest BCUT2D eigenvalue weighted by Crippen LogP contribution is 2.35. The van der Waals surface area contributed by atoms with Crippen molar-refractivity contribution in [1.29, 1.82) is 0 Å². The summed E-state index contributed by atoms with van der Waals surface area (Å²) < 4.78 is 51.0. The third kappa shape index (κ3) is 4.63. The lowest BCUT2D eigenvalue weighted by Gasteiger charge is -2.27. The fourth-order valence-electron chi connectivity index (χ4n) is 4.29. The van der Waals surface area contributed by atoms with Crippen molar-refractivity contribution in [2.75, 3.05) is 0 Å². The van der Waals surface area contributed by atoms with Gasteiger partial charge in [0.2, 0.25) is 21.8 Å². The van der Waals surface area contributed by atoms with E-state index in [-0.39, 0.29) is 28.4 Å². The molecule has 12 heteroatoms. The predicted molar refractivity (Wildman–Crippen MR) is 124 cm³/mol. The number of hydrogen-bond acceptors (Lipinski definition) is 8. The van der Waals surface area contributed by atoms with Crippen LogP contribution in [0.3, 0.4) is 0 Å². The first-order chi connectivity index (χ1) is 16.7. The second-order valence-corrected chi connectivity index (χ2v) is 10.6. The van der Waals surface area contributed by atoms with Gasteiger partial charge in [0.25, 0.3) is 0 Å². The Labute approximate surface area is 201 Å². The van der Waals surface area contributed by atoms with E-state index in [1.54, 1.807) is 12.3 Å². The molecule has 4 aromatic rings. The fraction of sp³-hybridized carbons (Fsp3) is 0.391. The summed E-state index contributed by atoms with van der Waals surface area (Å²) in [5.74, 6) is 1.60. The maximum atomic E-state index is 14.7. The van der Waals surface area contributed by atoms with Crippen LogP contribution >= 0.6 is 0 Å². The molecule has 0 aliphatic heterocycles. The molecule has 1 aromatic carbocycles. The molecule has 1 aliphatic carbocycles. The van der Waals surface area contributed by atoms with Gasteiger partial charge in [-0.05, 0) is 43.9 Å². The van der Waals surface area contributed by atoms with Crippen molar-refractivity contribution < 1.29 is 22.1 Å². The number of ether oxygens (including phenoxy) is 1. The van der Waals surface area contributed by atoms with Crippen LogP contribution < -0.4 is 9.88 Å². The van der Waals surface area contributed by atoms with E-state index in [1.807, 2.05) is 13.8 Å². The molecule has 1 fully saturated rings. The number of aromatic nitrogens is 5. The van der Waals surface area contributed by atoms with Crippen molar-refractivity contribution in [3.63, 3.8) is 0 Å². The number of nitrogens with two attached hydrogens (primary N) is 1. The molecular weight excluding hydrogens is 475 g/mol. The SMILES string of the molecule is CC(C)c1noc(C2CCC(Oc3ccnc4c(-c5ccc(S(N)(=O)=O)cc5F)cnn34)CC2)n1. The number of benzene rings is 1. The molecule has 0 saturated heterocycles. The van der Waals surface area contributed by atoms with E-state index in [4.69, 9.17) is 14.4 Å². The summed E-state index contributed by atoms with van der Waals surface area (Å²) in [5.41, 5.74) is 0.971. The number of rotatable bonds is 6. The molecule has 0 radical (unpaired) electrons. The zero-order valence-corrected chi connectivity index (χ0v) is 20.1. The lowest BCUT2D eigenvalue weighted by molar-refractivity contribution is 0.130. The van der Waals surface area contributed by atoms with Crippen LogP contribution in [0.2, 0.25) is 0 Å². The molecule has 0 spiro atoms. The molecule has 10 nitrogen and oxygen atoms in total. The lowest BCUT2D eigenvalue weighted by Crippen LogP contribution is -2.24. The Hall–Kier alpha value is -3.38. The summed E-state index contributed by atoms with van der Waals surface area (Å²) >= 11 is 0.